The highest BCUT2D eigenvalue weighted by Gasteiger charge is 2.19. The van der Waals surface area contributed by atoms with E-state index in [9.17, 15) is 9.59 Å². The molecule has 1 aromatic rings. The molecule has 2 rings (SSSR count). The van der Waals surface area contributed by atoms with Gasteiger partial charge in [-0.3, -0.25) is 9.59 Å². The van der Waals surface area contributed by atoms with Crippen LogP contribution in [0.25, 0.3) is 0 Å². The zero-order valence-electron chi connectivity index (χ0n) is 8.97. The summed E-state index contributed by atoms with van der Waals surface area (Å²) in [7, 11) is 0. The second kappa shape index (κ2) is 4.58. The lowest BCUT2D eigenvalue weighted by Gasteiger charge is -2.14. The van der Waals surface area contributed by atoms with E-state index < -0.39 is 5.91 Å². The summed E-state index contributed by atoms with van der Waals surface area (Å²) in [5, 5.41) is 0. The van der Waals surface area contributed by atoms with Crippen molar-refractivity contribution in [2.45, 2.75) is 11.3 Å². The van der Waals surface area contributed by atoms with Crippen LogP contribution in [-0.2, 0) is 0 Å². The molecule has 1 aliphatic rings. The lowest BCUT2D eigenvalue weighted by molar-refractivity contribution is 0.0978. The van der Waals surface area contributed by atoms with Crippen molar-refractivity contribution in [2.75, 3.05) is 5.75 Å². The fourth-order valence-electron chi connectivity index (χ4n) is 1.58. The van der Waals surface area contributed by atoms with Gasteiger partial charge in [-0.25, -0.2) is 0 Å². The molecule has 1 aromatic carbocycles. The Kier molecular flexibility index (Phi) is 3.14. The molecule has 17 heavy (non-hydrogen) atoms. The molecule has 5 nitrogen and oxygen atoms in total. The van der Waals surface area contributed by atoms with Crippen molar-refractivity contribution in [3.8, 4) is 0 Å². The molecular weight excluding hydrogens is 238 g/mol. The van der Waals surface area contributed by atoms with Gasteiger partial charge in [0.15, 0.2) is 11.7 Å². The molecule has 0 saturated carbocycles. The van der Waals surface area contributed by atoms with Gasteiger partial charge in [-0.1, -0.05) is 0 Å². The Morgan fingerprint density at radius 3 is 2.82 bits per heavy atom. The van der Waals surface area contributed by atoms with E-state index in [2.05, 4.69) is 4.99 Å². The number of ketones is 1. The third-order valence-electron chi connectivity index (χ3n) is 2.35. The minimum atomic E-state index is -0.494. The number of Topliss-reactive ketones (excluding diaryl/α,β-unsaturated/α-hetero) is 1. The second-order valence-electron chi connectivity index (χ2n) is 3.57. The third-order valence-corrected chi connectivity index (χ3v) is 3.40. The van der Waals surface area contributed by atoms with Gasteiger partial charge in [-0.15, -0.1) is 11.8 Å². The molecule has 0 radical (unpaired) electrons. The summed E-state index contributed by atoms with van der Waals surface area (Å²) in [5.41, 5.74) is 11.3. The van der Waals surface area contributed by atoms with Crippen LogP contribution in [0.3, 0.4) is 0 Å². The monoisotopic (exact) mass is 249 g/mol. The summed E-state index contributed by atoms with van der Waals surface area (Å²) >= 11 is 1.56. The minimum Gasteiger partial charge on any atom is -0.370 e. The number of hydrogen-bond acceptors (Lipinski definition) is 3. The molecule has 0 saturated heterocycles. The van der Waals surface area contributed by atoms with Gasteiger partial charge in [0.2, 0.25) is 0 Å². The van der Waals surface area contributed by atoms with Crippen molar-refractivity contribution in [3.05, 3.63) is 29.3 Å². The number of aliphatic imine (C=N–C) groups is 1. The van der Waals surface area contributed by atoms with Gasteiger partial charge in [0.05, 0.1) is 0 Å². The first-order valence-electron chi connectivity index (χ1n) is 5.02. The minimum absolute atomic E-state index is 0.111. The van der Waals surface area contributed by atoms with Gasteiger partial charge < -0.3 is 11.5 Å². The van der Waals surface area contributed by atoms with E-state index in [0.29, 0.717) is 17.5 Å². The number of carbonyl (C=O) groups is 2. The molecule has 0 aromatic heterocycles. The third kappa shape index (κ3) is 2.47. The summed E-state index contributed by atoms with van der Waals surface area (Å²) in [6.45, 7) is 0. The number of rotatable bonds is 1. The van der Waals surface area contributed by atoms with Crippen LogP contribution in [0.5, 0.6) is 0 Å². The Balaban J connectivity index is 2.37. The topological polar surface area (TPSA) is 98.5 Å². The number of nitrogens with two attached hydrogens (primary N) is 2. The number of hydrogen-bond donors (Lipinski definition) is 2. The van der Waals surface area contributed by atoms with Crippen LogP contribution < -0.4 is 11.5 Å². The lowest BCUT2D eigenvalue weighted by Crippen LogP contribution is -2.24. The van der Waals surface area contributed by atoms with Crippen LogP contribution >= 0.6 is 11.8 Å². The van der Waals surface area contributed by atoms with Crippen molar-refractivity contribution in [1.29, 1.82) is 0 Å². The predicted octanol–water partition coefficient (Wildman–Crippen LogP) is 0.779. The maximum Gasteiger partial charge on any atom is 0.280 e. The van der Waals surface area contributed by atoms with Crippen LogP contribution in [0.1, 0.15) is 27.1 Å². The van der Waals surface area contributed by atoms with Crippen LogP contribution in [0, 0.1) is 0 Å². The Labute approximate surface area is 102 Å². The quantitative estimate of drug-likeness (QED) is 0.566. The van der Waals surface area contributed by atoms with Gasteiger partial charge in [0, 0.05) is 28.2 Å². The van der Waals surface area contributed by atoms with E-state index in [-0.39, 0.29) is 11.7 Å². The zero-order valence-corrected chi connectivity index (χ0v) is 9.79. The predicted molar refractivity (Wildman–Crippen MR) is 66.3 cm³/mol. The van der Waals surface area contributed by atoms with Crippen LogP contribution in [0.2, 0.25) is 0 Å². The molecule has 4 N–H and O–H groups in total. The summed E-state index contributed by atoms with van der Waals surface area (Å²) in [6.07, 6.45) is 0.541. The van der Waals surface area contributed by atoms with E-state index in [1.807, 2.05) is 0 Å². The summed E-state index contributed by atoms with van der Waals surface area (Å²) in [4.78, 5) is 27.4. The Bertz CT molecular complexity index is 521. The SMILES string of the molecule is NC(N)=NC(=O)c1ccc2c(c1)SCCC2=O. The first-order valence-corrected chi connectivity index (χ1v) is 6.00. The number of benzene rings is 1. The van der Waals surface area contributed by atoms with Crippen molar-refractivity contribution in [3.63, 3.8) is 0 Å². The van der Waals surface area contributed by atoms with E-state index in [1.165, 1.54) is 0 Å². The number of amides is 1. The molecule has 1 aliphatic heterocycles. The maximum atomic E-state index is 11.6. The molecule has 1 heterocycles. The normalized spacial score (nSPS) is 14.0. The molecule has 88 valence electrons. The van der Waals surface area contributed by atoms with E-state index in [1.54, 1.807) is 30.0 Å². The van der Waals surface area contributed by atoms with Crippen LogP contribution in [-0.4, -0.2) is 23.4 Å². The van der Waals surface area contributed by atoms with E-state index in [0.717, 1.165) is 10.6 Å². The lowest BCUT2D eigenvalue weighted by atomic mass is 10.1. The summed E-state index contributed by atoms with van der Waals surface area (Å²) in [5.74, 6) is 0.0913. The first-order chi connectivity index (χ1) is 8.08. The summed E-state index contributed by atoms with van der Waals surface area (Å²) in [6, 6.07) is 4.88. The van der Waals surface area contributed by atoms with Crippen molar-refractivity contribution < 1.29 is 9.59 Å². The highest BCUT2D eigenvalue weighted by Crippen LogP contribution is 2.30. The van der Waals surface area contributed by atoms with Crippen LogP contribution in [0.4, 0.5) is 0 Å². The molecule has 0 aliphatic carbocycles. The number of fused-ring (bicyclic) bond motifs is 1. The van der Waals surface area contributed by atoms with Crippen LogP contribution in [0.15, 0.2) is 28.1 Å². The van der Waals surface area contributed by atoms with Gasteiger partial charge in [0.25, 0.3) is 5.91 Å². The maximum absolute atomic E-state index is 11.6. The standard InChI is InChI=1S/C11H11N3O2S/c12-11(13)14-10(16)6-1-2-7-8(15)3-4-17-9(7)5-6/h1-2,5H,3-4H2,(H4,12,13,14,16). The molecule has 0 unspecified atom stereocenters. The molecule has 0 atom stereocenters. The second-order valence-corrected chi connectivity index (χ2v) is 4.71. The smallest absolute Gasteiger partial charge is 0.280 e. The highest BCUT2D eigenvalue weighted by atomic mass is 32.2. The number of thioether (sulfide) groups is 1. The molecule has 0 fully saturated rings. The summed E-state index contributed by atoms with van der Waals surface area (Å²) < 4.78 is 0. The fourth-order valence-corrected chi connectivity index (χ4v) is 2.63. The Hall–Kier alpha value is -1.82. The van der Waals surface area contributed by atoms with E-state index in [4.69, 9.17) is 11.5 Å². The molecular formula is C11H11N3O2S. The molecule has 0 bridgehead atoms. The Morgan fingerprint density at radius 2 is 2.12 bits per heavy atom. The van der Waals surface area contributed by atoms with Gasteiger partial charge in [-0.2, -0.15) is 4.99 Å². The highest BCUT2D eigenvalue weighted by molar-refractivity contribution is 7.99. The van der Waals surface area contributed by atoms with E-state index >= 15 is 0 Å². The van der Waals surface area contributed by atoms with Crippen molar-refractivity contribution >= 4 is 29.4 Å². The zero-order chi connectivity index (χ0) is 12.4. The van der Waals surface area contributed by atoms with Gasteiger partial charge in [0.1, 0.15) is 0 Å². The Morgan fingerprint density at radius 1 is 1.35 bits per heavy atom. The fraction of sp³-hybridized carbons (Fsp3) is 0.182. The largest absolute Gasteiger partial charge is 0.370 e. The molecule has 0 spiro atoms. The number of guanidine groups is 1. The number of carbonyl (C=O) groups excluding carboxylic acids is 2. The molecule has 1 amide bonds. The molecule has 6 heteroatoms. The van der Waals surface area contributed by atoms with Crippen molar-refractivity contribution in [1.82, 2.24) is 0 Å². The van der Waals surface area contributed by atoms with Gasteiger partial charge in [-0.05, 0) is 18.2 Å². The number of nitrogens with zero attached hydrogens (tertiary/aromatic N) is 1. The average molecular weight is 249 g/mol. The average Bonchev–Trinajstić information content (AvgIpc) is 2.28. The first kappa shape index (κ1) is 11.7. The van der Waals surface area contributed by atoms with Gasteiger partial charge >= 0.3 is 0 Å². The van der Waals surface area contributed by atoms with Crippen molar-refractivity contribution in [2.24, 2.45) is 16.5 Å².